The quantitative estimate of drug-likeness (QED) is 0.661. The Morgan fingerprint density at radius 2 is 1.90 bits per heavy atom. The number of hydrogen-bond acceptors (Lipinski definition) is 5. The highest BCUT2D eigenvalue weighted by Gasteiger charge is 2.62. The SMILES string of the molecule is Cc1cc(OCC(=O)NC23CCC(NC(=O)c4cnc(C(F)(F)F)s4)(C2)C3)ccc1Cl. The van der Waals surface area contributed by atoms with E-state index in [0.717, 1.165) is 11.8 Å². The highest BCUT2D eigenvalue weighted by Crippen LogP contribution is 2.55. The number of fused-ring (bicyclic) bond motifs is 1. The predicted molar refractivity (Wildman–Crippen MR) is 108 cm³/mol. The van der Waals surface area contributed by atoms with Crippen molar-refractivity contribution in [3.05, 3.63) is 44.9 Å². The van der Waals surface area contributed by atoms with Gasteiger partial charge >= 0.3 is 6.18 Å². The molecule has 0 unspecified atom stereocenters. The van der Waals surface area contributed by atoms with Crippen LogP contribution in [0.2, 0.25) is 5.02 Å². The Morgan fingerprint density at radius 1 is 1.23 bits per heavy atom. The largest absolute Gasteiger partial charge is 0.484 e. The van der Waals surface area contributed by atoms with E-state index < -0.39 is 28.2 Å². The van der Waals surface area contributed by atoms with E-state index in [0.29, 0.717) is 47.8 Å². The van der Waals surface area contributed by atoms with E-state index in [1.807, 2.05) is 6.92 Å². The summed E-state index contributed by atoms with van der Waals surface area (Å²) in [7, 11) is 0. The van der Waals surface area contributed by atoms with E-state index in [1.54, 1.807) is 18.2 Å². The average molecular weight is 474 g/mol. The van der Waals surface area contributed by atoms with Crippen molar-refractivity contribution in [2.45, 2.75) is 49.9 Å². The molecule has 5 rings (SSSR count). The Labute approximate surface area is 185 Å². The second-order valence-electron chi connectivity index (χ2n) is 8.14. The first-order chi connectivity index (χ1) is 14.5. The standard InChI is InChI=1S/C20H19ClF3N3O3S/c1-11-6-12(2-3-13(11)21)30-8-15(28)26-18-4-5-19(9-18,10-18)27-16(29)14-7-25-17(31-14)20(22,23)24/h2-3,6-7H,4-5,8-10H2,1H3,(H,26,28)(H,27,29). The number of nitrogens with zero attached hydrogens (tertiary/aromatic N) is 1. The summed E-state index contributed by atoms with van der Waals surface area (Å²) in [6.07, 6.45) is -1.25. The summed E-state index contributed by atoms with van der Waals surface area (Å²) in [5, 5.41) is 5.38. The lowest BCUT2D eigenvalue weighted by Crippen LogP contribution is -2.64. The molecule has 31 heavy (non-hydrogen) atoms. The van der Waals surface area contributed by atoms with Gasteiger partial charge in [-0.2, -0.15) is 13.2 Å². The Kier molecular flexibility index (Phi) is 5.41. The molecule has 2 aromatic rings. The third kappa shape index (κ3) is 4.50. The molecule has 3 fully saturated rings. The van der Waals surface area contributed by atoms with Crippen LogP contribution in [-0.4, -0.2) is 34.5 Å². The molecule has 2 N–H and O–H groups in total. The zero-order chi connectivity index (χ0) is 22.4. The van der Waals surface area contributed by atoms with Gasteiger partial charge in [-0.15, -0.1) is 11.3 Å². The first-order valence-corrected chi connectivity index (χ1v) is 10.7. The van der Waals surface area contributed by atoms with E-state index in [-0.39, 0.29) is 17.4 Å². The second kappa shape index (κ2) is 7.67. The highest BCUT2D eigenvalue weighted by atomic mass is 35.5. The van der Waals surface area contributed by atoms with Gasteiger partial charge in [0.2, 0.25) is 0 Å². The van der Waals surface area contributed by atoms with Crippen molar-refractivity contribution < 1.29 is 27.5 Å². The molecule has 6 nitrogen and oxygen atoms in total. The number of amides is 2. The summed E-state index contributed by atoms with van der Waals surface area (Å²) in [4.78, 5) is 27.9. The van der Waals surface area contributed by atoms with Crippen LogP contribution >= 0.6 is 22.9 Å². The lowest BCUT2D eigenvalue weighted by molar-refractivity contribution is -0.137. The molecule has 0 saturated heterocycles. The van der Waals surface area contributed by atoms with Gasteiger partial charge in [0.15, 0.2) is 11.6 Å². The maximum absolute atomic E-state index is 12.7. The van der Waals surface area contributed by atoms with Crippen LogP contribution in [0, 0.1) is 6.92 Å². The fourth-order valence-electron chi connectivity index (χ4n) is 4.38. The summed E-state index contributed by atoms with van der Waals surface area (Å²) in [5.41, 5.74) is -0.0909. The molecule has 3 aliphatic rings. The number of aromatic nitrogens is 1. The maximum Gasteiger partial charge on any atom is 0.443 e. The van der Waals surface area contributed by atoms with Crippen LogP contribution in [0.1, 0.15) is 45.9 Å². The number of halogens is 4. The van der Waals surface area contributed by atoms with Crippen molar-refractivity contribution in [2.24, 2.45) is 0 Å². The lowest BCUT2D eigenvalue weighted by Gasteiger charge is -2.48. The molecule has 3 saturated carbocycles. The first kappa shape index (κ1) is 21.9. The third-order valence-electron chi connectivity index (χ3n) is 5.69. The number of aryl methyl sites for hydroxylation is 1. The van der Waals surface area contributed by atoms with Crippen molar-refractivity contribution in [1.29, 1.82) is 0 Å². The maximum atomic E-state index is 12.7. The molecule has 0 spiro atoms. The zero-order valence-electron chi connectivity index (χ0n) is 16.4. The summed E-state index contributed by atoms with van der Waals surface area (Å²) < 4.78 is 43.6. The monoisotopic (exact) mass is 473 g/mol. The van der Waals surface area contributed by atoms with E-state index in [9.17, 15) is 22.8 Å². The number of nitrogens with one attached hydrogen (secondary N) is 2. The first-order valence-electron chi connectivity index (χ1n) is 9.55. The summed E-state index contributed by atoms with van der Waals surface area (Å²) >= 11 is 6.29. The predicted octanol–water partition coefficient (Wildman–Crippen LogP) is 4.11. The lowest BCUT2D eigenvalue weighted by atomic mass is 9.71. The van der Waals surface area contributed by atoms with E-state index in [1.165, 1.54) is 0 Å². The Morgan fingerprint density at radius 3 is 2.52 bits per heavy atom. The minimum atomic E-state index is -4.57. The van der Waals surface area contributed by atoms with Crippen LogP contribution in [0.15, 0.2) is 24.4 Å². The number of rotatable bonds is 6. The van der Waals surface area contributed by atoms with Crippen LogP contribution in [-0.2, 0) is 11.0 Å². The molecule has 3 aliphatic carbocycles. The number of carbonyl (C=O) groups is 2. The van der Waals surface area contributed by atoms with Crippen LogP contribution in [0.3, 0.4) is 0 Å². The van der Waals surface area contributed by atoms with Crippen LogP contribution in [0.4, 0.5) is 13.2 Å². The number of alkyl halides is 3. The topological polar surface area (TPSA) is 80.3 Å². The van der Waals surface area contributed by atoms with Gasteiger partial charge in [0.25, 0.3) is 11.8 Å². The molecule has 0 radical (unpaired) electrons. The van der Waals surface area contributed by atoms with Gasteiger partial charge in [-0.25, -0.2) is 4.98 Å². The fourth-order valence-corrected chi connectivity index (χ4v) is 5.17. The summed E-state index contributed by atoms with van der Waals surface area (Å²) in [6.45, 7) is 1.69. The van der Waals surface area contributed by atoms with Gasteiger partial charge in [0.1, 0.15) is 10.6 Å². The van der Waals surface area contributed by atoms with Crippen LogP contribution < -0.4 is 15.4 Å². The number of carbonyl (C=O) groups excluding carboxylic acids is 2. The minimum absolute atomic E-state index is 0.0817. The van der Waals surface area contributed by atoms with Crippen molar-refractivity contribution in [3.63, 3.8) is 0 Å². The van der Waals surface area contributed by atoms with Gasteiger partial charge in [-0.1, -0.05) is 11.6 Å². The molecule has 0 aliphatic heterocycles. The van der Waals surface area contributed by atoms with E-state index in [4.69, 9.17) is 16.3 Å². The molecule has 1 heterocycles. The fraction of sp³-hybridized carbons (Fsp3) is 0.450. The Hall–Kier alpha value is -2.33. The Bertz CT molecular complexity index is 1030. The number of ether oxygens (including phenoxy) is 1. The third-order valence-corrected chi connectivity index (χ3v) is 7.16. The minimum Gasteiger partial charge on any atom is -0.484 e. The molecule has 11 heteroatoms. The van der Waals surface area contributed by atoms with E-state index in [2.05, 4.69) is 15.6 Å². The van der Waals surface area contributed by atoms with Crippen molar-refractivity contribution >= 4 is 34.8 Å². The number of hydrogen-bond donors (Lipinski definition) is 2. The van der Waals surface area contributed by atoms with Gasteiger partial charge < -0.3 is 15.4 Å². The molecule has 166 valence electrons. The van der Waals surface area contributed by atoms with Crippen LogP contribution in [0.25, 0.3) is 0 Å². The molecular formula is C20H19ClF3N3O3S. The normalized spacial score (nSPS) is 24.4. The molecule has 0 atom stereocenters. The zero-order valence-corrected chi connectivity index (χ0v) is 18.0. The van der Waals surface area contributed by atoms with Gasteiger partial charge in [0, 0.05) is 16.1 Å². The Balaban J connectivity index is 1.28. The average Bonchev–Trinajstić information content (AvgIpc) is 3.36. The molecule has 2 amide bonds. The molecule has 1 aromatic carbocycles. The van der Waals surface area contributed by atoms with Gasteiger partial charge in [-0.05, 0) is 56.4 Å². The summed E-state index contributed by atoms with van der Waals surface area (Å²) in [6, 6.07) is 5.13. The molecule has 1 aromatic heterocycles. The smallest absolute Gasteiger partial charge is 0.443 e. The van der Waals surface area contributed by atoms with Crippen molar-refractivity contribution in [1.82, 2.24) is 15.6 Å². The molecular weight excluding hydrogens is 455 g/mol. The second-order valence-corrected chi connectivity index (χ2v) is 9.58. The van der Waals surface area contributed by atoms with Gasteiger partial charge in [0.05, 0.1) is 6.20 Å². The summed E-state index contributed by atoms with van der Waals surface area (Å²) in [5.74, 6) is -0.304. The van der Waals surface area contributed by atoms with Crippen LogP contribution in [0.5, 0.6) is 5.75 Å². The van der Waals surface area contributed by atoms with Crippen molar-refractivity contribution in [3.8, 4) is 5.75 Å². The molecule has 2 bridgehead atoms. The number of benzene rings is 1. The van der Waals surface area contributed by atoms with E-state index >= 15 is 0 Å². The van der Waals surface area contributed by atoms with Gasteiger partial charge in [-0.3, -0.25) is 9.59 Å². The highest BCUT2D eigenvalue weighted by molar-refractivity contribution is 7.13. The van der Waals surface area contributed by atoms with Crippen molar-refractivity contribution in [2.75, 3.05) is 6.61 Å². The number of thiazole rings is 1.